The molecule has 28 aromatic carbocycles. The van der Waals surface area contributed by atoms with Crippen molar-refractivity contribution in [3.05, 3.63) is 51.4 Å². The summed E-state index contributed by atoms with van der Waals surface area (Å²) >= 11 is 8.35. The van der Waals surface area contributed by atoms with Crippen LogP contribution in [-0.2, 0) is 10.8 Å². The van der Waals surface area contributed by atoms with E-state index >= 15 is 0 Å². The van der Waals surface area contributed by atoms with Gasteiger partial charge in [-0.1, -0.05) is 47.0 Å². The minimum atomic E-state index is -0.181. The molecule has 72 heavy (non-hydrogen) atoms. The topological polar surface area (TPSA) is 0 Å². The van der Waals surface area contributed by atoms with Crippen LogP contribution in [0, 0.1) is 0 Å². The smallest absolute Gasteiger partial charge is 0.0699 e. The lowest BCUT2D eigenvalue weighted by Crippen LogP contribution is -2.53. The fourth-order valence-corrected chi connectivity index (χ4v) is 30.8. The molecule has 0 unspecified atom stereocenters. The number of benzene rings is 18. The van der Waals surface area contributed by atoms with Crippen LogP contribution < -0.4 is 0 Å². The van der Waals surface area contributed by atoms with E-state index in [2.05, 4.69) is 34.3 Å². The lowest BCUT2D eigenvalue weighted by molar-refractivity contribution is 0.309. The molecule has 0 saturated heterocycles. The van der Waals surface area contributed by atoms with Crippen molar-refractivity contribution in [3.63, 3.8) is 0 Å². The Hall–Kier alpha value is -6.92. The van der Waals surface area contributed by atoms with Crippen LogP contribution in [0.1, 0.15) is 35.1 Å². The fraction of sp³-hybridized carbons (Fsp3) is 0.0588. The monoisotopic (exact) mass is 950 g/mol. The summed E-state index contributed by atoms with van der Waals surface area (Å²) in [6.07, 6.45) is 2.27. The zero-order chi connectivity index (χ0) is 42.5. The molecule has 2 heterocycles. The molecular formula is C68H6S4. The predicted octanol–water partition coefficient (Wildman–Crippen LogP) is 20.9. The summed E-state index contributed by atoms with van der Waals surface area (Å²) in [4.78, 5) is 3.41. The Bertz CT molecular complexity index is 6930. The van der Waals surface area contributed by atoms with Gasteiger partial charge >= 0.3 is 0 Å². The average molecular weight is 951 g/mol. The maximum Gasteiger partial charge on any atom is 0.0699 e. The Balaban J connectivity index is 1.10. The largest absolute Gasteiger partial charge is 0.0884 e. The molecule has 28 aromatic rings. The first kappa shape index (κ1) is 27.8. The van der Waals surface area contributed by atoms with Crippen LogP contribution in [0.4, 0.5) is 0 Å². The van der Waals surface area contributed by atoms with Gasteiger partial charge in [-0.3, -0.25) is 0 Å². The van der Waals surface area contributed by atoms with Crippen molar-refractivity contribution in [2.45, 2.75) is 23.7 Å². The maximum absolute atomic E-state index is 2.33. The maximum atomic E-state index is 2.33. The number of allylic oxidation sites excluding steroid dienone is 2. The first-order valence-corrected chi connectivity index (χ1v) is 29.8. The van der Waals surface area contributed by atoms with E-state index in [0.29, 0.717) is 0 Å². The Morgan fingerprint density at radius 2 is 0.347 bits per heavy atom. The SMILES string of the molecule is C1=CSC(=C2SC3=C(CC45c6c7c8c9c%10c%11c(c%12c%13c4c4c6c6c%14c7c7c8c8c%10c%10c%15c%11c%11c%12c%12c%13c%13c4c4c6c6c%14c%14c7c7c8c%10c8c%10c%15c%11c%11c%12c%12c%13c4c4c6c6c%14c7c8c7c%10c%11c%12c4c67)C95C3)S2)S1. The molecule has 0 radical (unpaired) electrons. The van der Waals surface area contributed by atoms with Gasteiger partial charge in [0.25, 0.3) is 0 Å². The second-order valence-corrected chi connectivity index (χ2v) is 30.6. The third-order valence-corrected chi connectivity index (χ3v) is 31.2. The quantitative estimate of drug-likeness (QED) is 0.139. The fourth-order valence-electron chi connectivity index (χ4n) is 25.7. The van der Waals surface area contributed by atoms with Gasteiger partial charge in [-0.05, 0) is 337 Å². The van der Waals surface area contributed by atoms with E-state index in [9.17, 15) is 0 Å². The Labute approximate surface area is 409 Å². The van der Waals surface area contributed by atoms with E-state index in [4.69, 9.17) is 0 Å². The highest BCUT2D eigenvalue weighted by molar-refractivity contribution is 8.33. The van der Waals surface area contributed by atoms with E-state index in [1.807, 2.05) is 45.8 Å². The second-order valence-electron chi connectivity index (χ2n) is 26.0. The lowest BCUT2D eigenvalue weighted by atomic mass is 9.45. The Morgan fingerprint density at radius 3 is 0.514 bits per heavy atom. The zero-order valence-electron chi connectivity index (χ0n) is 36.2. The predicted molar refractivity (Wildman–Crippen MR) is 317 cm³/mol. The van der Waals surface area contributed by atoms with Crippen molar-refractivity contribution in [2.24, 2.45) is 0 Å². The van der Waals surface area contributed by atoms with Gasteiger partial charge in [-0.2, -0.15) is 0 Å². The van der Waals surface area contributed by atoms with Crippen molar-refractivity contribution in [2.75, 3.05) is 0 Å². The van der Waals surface area contributed by atoms with E-state index in [1.54, 1.807) is 305 Å². The molecule has 302 valence electrons. The minimum Gasteiger partial charge on any atom is -0.0884 e. The molecule has 2 spiro atoms. The molecule has 0 aromatic heterocycles. The van der Waals surface area contributed by atoms with Gasteiger partial charge in [0.2, 0.25) is 0 Å². The van der Waals surface area contributed by atoms with Gasteiger partial charge in [-0.25, -0.2) is 0 Å². The molecule has 0 bridgehead atoms. The number of hydrogen-bond acceptors (Lipinski definition) is 4. The van der Waals surface area contributed by atoms with Gasteiger partial charge in [0.15, 0.2) is 0 Å². The van der Waals surface area contributed by atoms with Crippen molar-refractivity contribution in [3.8, 4) is 0 Å². The van der Waals surface area contributed by atoms with Crippen LogP contribution in [0.5, 0.6) is 0 Å². The van der Waals surface area contributed by atoms with Gasteiger partial charge in [-0.15, -0.1) is 0 Å². The van der Waals surface area contributed by atoms with E-state index in [0.717, 1.165) is 12.8 Å². The first-order chi connectivity index (χ1) is 35.9. The molecule has 0 atom stereocenters. The van der Waals surface area contributed by atoms with Gasteiger partial charge in [0, 0.05) is 20.6 Å². The van der Waals surface area contributed by atoms with Crippen molar-refractivity contribution >= 4 is 338 Å². The van der Waals surface area contributed by atoms with Crippen LogP contribution >= 0.6 is 47.0 Å². The Morgan fingerprint density at radius 1 is 0.194 bits per heavy atom. The van der Waals surface area contributed by atoms with Crippen LogP contribution in [-0.4, -0.2) is 0 Å². The third-order valence-electron chi connectivity index (χ3n) is 25.9. The van der Waals surface area contributed by atoms with E-state index < -0.39 is 0 Å². The normalized spacial score (nSPS) is 24.3. The van der Waals surface area contributed by atoms with Crippen molar-refractivity contribution < 1.29 is 0 Å². The third kappa shape index (κ3) is 1.53. The van der Waals surface area contributed by atoms with Gasteiger partial charge in [0.05, 0.1) is 8.47 Å². The molecule has 4 heteroatoms. The summed E-state index contributed by atoms with van der Waals surface area (Å²) in [6, 6.07) is 0. The molecule has 0 saturated carbocycles. The molecule has 35 rings (SSSR count). The van der Waals surface area contributed by atoms with Crippen molar-refractivity contribution in [1.82, 2.24) is 0 Å². The van der Waals surface area contributed by atoms with Gasteiger partial charge < -0.3 is 0 Å². The standard InChI is InChI=1S/C68H6S4/c1-2-70-65(69-1)66-71-5-3-67-61-53-45-35-25-17-9-7-8-11-15-13(9)21-29-23(15)33-27-19(11)20-12(8)16-14-10(7)18(17)26-32-22(14)30-24(16)34-28(20)38-37(27)47-41(33)51-43(29)49(39(45)31(21)25)57(61)59(51)63-55(47)56-48(38)42(34)52-44(30)50-40(32)46(36(26)35)54(53)62(67)58(50)60(52)64(56)68(63,67)4-6(5)72-66/h1-2H,3-4H2. The molecule has 5 aliphatic carbocycles. The number of rotatable bonds is 0. The molecule has 7 aliphatic rings. The summed E-state index contributed by atoms with van der Waals surface area (Å²) in [5, 5.41) is 96.1. The molecule has 0 nitrogen and oxygen atoms in total. The first-order valence-electron chi connectivity index (χ1n) is 26.4. The molecular weight excluding hydrogens is 945 g/mol. The van der Waals surface area contributed by atoms with Crippen LogP contribution in [0.25, 0.3) is 291 Å². The summed E-state index contributed by atoms with van der Waals surface area (Å²) < 4.78 is 3.07. The molecule has 2 aliphatic heterocycles. The summed E-state index contributed by atoms with van der Waals surface area (Å²) in [7, 11) is 0. The minimum absolute atomic E-state index is 0.181. The Kier molecular flexibility index (Phi) is 2.48. The van der Waals surface area contributed by atoms with Crippen LogP contribution in [0.15, 0.2) is 29.1 Å². The van der Waals surface area contributed by atoms with E-state index in [1.165, 1.54) is 4.24 Å². The average Bonchev–Trinajstić information content (AvgIpc) is 4.21. The van der Waals surface area contributed by atoms with E-state index in [-0.39, 0.29) is 10.8 Å². The molecule has 0 N–H and O–H groups in total. The highest BCUT2D eigenvalue weighted by Crippen LogP contribution is 2.87. The summed E-state index contributed by atoms with van der Waals surface area (Å²) in [5.74, 6) is 0. The van der Waals surface area contributed by atoms with Crippen LogP contribution in [0.3, 0.4) is 0 Å². The van der Waals surface area contributed by atoms with Gasteiger partial charge in [0.1, 0.15) is 0 Å². The highest BCUT2D eigenvalue weighted by Gasteiger charge is 2.71. The van der Waals surface area contributed by atoms with Crippen LogP contribution in [0.2, 0.25) is 0 Å². The zero-order valence-corrected chi connectivity index (χ0v) is 39.5. The number of hydrogen-bond donors (Lipinski definition) is 0. The number of thioether (sulfide) groups is 4. The second kappa shape index (κ2) is 6.43. The lowest BCUT2D eigenvalue weighted by Gasteiger charge is -2.57. The molecule has 0 amide bonds. The van der Waals surface area contributed by atoms with Crippen molar-refractivity contribution in [1.29, 1.82) is 0 Å². The summed E-state index contributed by atoms with van der Waals surface area (Å²) in [6.45, 7) is 0. The highest BCUT2D eigenvalue weighted by atomic mass is 32.2. The summed E-state index contributed by atoms with van der Waals surface area (Å²) in [5.41, 5.74) is 6.92. The molecule has 0 fully saturated rings.